The van der Waals surface area contributed by atoms with Gasteiger partial charge in [0, 0.05) is 22.7 Å². The van der Waals surface area contributed by atoms with Gasteiger partial charge in [0.25, 0.3) is 0 Å². The van der Waals surface area contributed by atoms with E-state index >= 15 is 0 Å². The number of hydrogen-bond acceptors (Lipinski definition) is 3. The summed E-state index contributed by atoms with van der Waals surface area (Å²) in [7, 11) is 0. The van der Waals surface area contributed by atoms with E-state index in [1.54, 1.807) is 0 Å². The lowest BCUT2D eigenvalue weighted by Gasteiger charge is -2.07. The number of hydrogen-bond donors (Lipinski definition) is 1. The van der Waals surface area contributed by atoms with E-state index in [0.717, 1.165) is 33.4 Å². The molecule has 0 saturated heterocycles. The molecule has 2 heterocycles. The van der Waals surface area contributed by atoms with Gasteiger partial charge in [-0.25, -0.2) is 0 Å². The fourth-order valence-electron chi connectivity index (χ4n) is 2.75. The molecule has 0 atom stereocenters. The molecule has 0 unspecified atom stereocenters. The van der Waals surface area contributed by atoms with Crippen molar-refractivity contribution in [3.05, 3.63) is 66.4 Å². The van der Waals surface area contributed by atoms with Crippen molar-refractivity contribution < 1.29 is 0 Å². The maximum absolute atomic E-state index is 4.41. The summed E-state index contributed by atoms with van der Waals surface area (Å²) >= 11 is 0. The first-order valence-corrected chi connectivity index (χ1v) is 7.15. The second-order valence-corrected chi connectivity index (χ2v) is 5.21. The Morgan fingerprint density at radius 1 is 0.773 bits per heavy atom. The number of H-pyrrole nitrogens is 1. The maximum Gasteiger partial charge on any atom is 0.121 e. The van der Waals surface area contributed by atoms with Crippen LogP contribution in [-0.2, 0) is 0 Å². The van der Waals surface area contributed by atoms with E-state index < -0.39 is 0 Å². The van der Waals surface area contributed by atoms with Gasteiger partial charge in [-0.05, 0) is 24.6 Å². The summed E-state index contributed by atoms with van der Waals surface area (Å²) < 4.78 is 0. The standard InChI is InChI=1S/C18H14N4/c1-12-6-2-3-7-13(12)17-18(21-22-20-17)15-10-11-19-16-9-5-4-8-14(15)16/h2-11H,1H3,(H,20,21,22). The minimum absolute atomic E-state index is 0.855. The molecule has 2 aromatic carbocycles. The Bertz CT molecular complexity index is 951. The third-order valence-electron chi connectivity index (χ3n) is 3.85. The van der Waals surface area contributed by atoms with Crippen molar-refractivity contribution in [3.8, 4) is 22.5 Å². The zero-order chi connectivity index (χ0) is 14.9. The summed E-state index contributed by atoms with van der Waals surface area (Å²) in [5.74, 6) is 0. The predicted octanol–water partition coefficient (Wildman–Crippen LogP) is 4.00. The summed E-state index contributed by atoms with van der Waals surface area (Å²) in [5, 5.41) is 12.6. The van der Waals surface area contributed by atoms with Crippen molar-refractivity contribution in [1.29, 1.82) is 0 Å². The minimum Gasteiger partial charge on any atom is -0.256 e. The Morgan fingerprint density at radius 3 is 2.36 bits per heavy atom. The van der Waals surface area contributed by atoms with E-state index in [4.69, 9.17) is 0 Å². The molecule has 0 aliphatic heterocycles. The summed E-state index contributed by atoms with van der Waals surface area (Å²) in [6.07, 6.45) is 1.81. The number of pyridine rings is 1. The number of para-hydroxylation sites is 1. The van der Waals surface area contributed by atoms with Gasteiger partial charge in [0.1, 0.15) is 11.4 Å². The highest BCUT2D eigenvalue weighted by molar-refractivity contribution is 5.96. The van der Waals surface area contributed by atoms with E-state index in [0.29, 0.717) is 0 Å². The third kappa shape index (κ3) is 1.97. The lowest BCUT2D eigenvalue weighted by atomic mass is 9.99. The van der Waals surface area contributed by atoms with Crippen LogP contribution in [0.1, 0.15) is 5.56 Å². The molecule has 4 nitrogen and oxygen atoms in total. The lowest BCUT2D eigenvalue weighted by Crippen LogP contribution is -1.89. The van der Waals surface area contributed by atoms with Gasteiger partial charge < -0.3 is 0 Å². The van der Waals surface area contributed by atoms with E-state index in [-0.39, 0.29) is 0 Å². The van der Waals surface area contributed by atoms with E-state index in [1.165, 1.54) is 5.56 Å². The van der Waals surface area contributed by atoms with Gasteiger partial charge in [-0.15, -0.1) is 0 Å². The van der Waals surface area contributed by atoms with Crippen LogP contribution in [0.2, 0.25) is 0 Å². The molecular weight excluding hydrogens is 272 g/mol. The molecule has 0 aliphatic carbocycles. The lowest BCUT2D eigenvalue weighted by molar-refractivity contribution is 0.944. The molecule has 0 spiro atoms. The first-order chi connectivity index (χ1) is 10.8. The van der Waals surface area contributed by atoms with Crippen LogP contribution in [0.3, 0.4) is 0 Å². The highest BCUT2D eigenvalue weighted by Crippen LogP contribution is 2.33. The normalized spacial score (nSPS) is 11.0. The third-order valence-corrected chi connectivity index (χ3v) is 3.85. The van der Waals surface area contributed by atoms with Crippen molar-refractivity contribution in [2.75, 3.05) is 0 Å². The monoisotopic (exact) mass is 286 g/mol. The second kappa shape index (κ2) is 5.07. The fraction of sp³-hybridized carbons (Fsp3) is 0.0556. The summed E-state index contributed by atoms with van der Waals surface area (Å²) in [6, 6.07) is 18.3. The largest absolute Gasteiger partial charge is 0.256 e. The molecule has 0 amide bonds. The molecule has 106 valence electrons. The molecule has 2 aromatic heterocycles. The summed E-state index contributed by atoms with van der Waals surface area (Å²) in [6.45, 7) is 2.08. The SMILES string of the molecule is Cc1ccccc1-c1n[nH]nc1-c1ccnc2ccccc12. The Hall–Kier alpha value is -3.01. The van der Waals surface area contributed by atoms with Crippen LogP contribution in [0.15, 0.2) is 60.8 Å². The van der Waals surface area contributed by atoms with Crippen molar-refractivity contribution in [2.45, 2.75) is 6.92 Å². The van der Waals surface area contributed by atoms with Gasteiger partial charge in [0.15, 0.2) is 0 Å². The van der Waals surface area contributed by atoms with Gasteiger partial charge in [-0.1, -0.05) is 42.5 Å². The second-order valence-electron chi connectivity index (χ2n) is 5.21. The molecule has 0 fully saturated rings. The number of rotatable bonds is 2. The van der Waals surface area contributed by atoms with Crippen molar-refractivity contribution in [1.82, 2.24) is 20.4 Å². The predicted molar refractivity (Wildman–Crippen MR) is 87.3 cm³/mol. The van der Waals surface area contributed by atoms with Gasteiger partial charge in [-0.3, -0.25) is 4.98 Å². The first-order valence-electron chi connectivity index (χ1n) is 7.15. The Morgan fingerprint density at radius 2 is 1.50 bits per heavy atom. The molecule has 4 rings (SSSR count). The molecule has 0 saturated carbocycles. The summed E-state index contributed by atoms with van der Waals surface area (Å²) in [4.78, 5) is 4.41. The molecule has 0 radical (unpaired) electrons. The van der Waals surface area contributed by atoms with E-state index in [2.05, 4.69) is 45.5 Å². The molecule has 0 bridgehead atoms. The number of nitrogens with zero attached hydrogens (tertiary/aromatic N) is 3. The van der Waals surface area contributed by atoms with Crippen LogP contribution < -0.4 is 0 Å². The number of nitrogens with one attached hydrogen (secondary N) is 1. The van der Waals surface area contributed by atoms with Crippen molar-refractivity contribution in [2.24, 2.45) is 0 Å². The number of benzene rings is 2. The quantitative estimate of drug-likeness (QED) is 0.606. The molecule has 4 heteroatoms. The summed E-state index contributed by atoms with van der Waals surface area (Å²) in [5.41, 5.74) is 5.99. The Balaban J connectivity index is 1.98. The molecule has 0 aliphatic rings. The number of aromatic nitrogens is 4. The molecule has 1 N–H and O–H groups in total. The van der Waals surface area contributed by atoms with Gasteiger partial charge in [-0.2, -0.15) is 15.4 Å². The number of aryl methyl sites for hydroxylation is 1. The molecule has 4 aromatic rings. The fourth-order valence-corrected chi connectivity index (χ4v) is 2.75. The zero-order valence-corrected chi connectivity index (χ0v) is 12.1. The topological polar surface area (TPSA) is 54.5 Å². The smallest absolute Gasteiger partial charge is 0.121 e. The van der Waals surface area contributed by atoms with Crippen LogP contribution in [0.5, 0.6) is 0 Å². The van der Waals surface area contributed by atoms with Crippen LogP contribution in [0.25, 0.3) is 33.4 Å². The van der Waals surface area contributed by atoms with Crippen LogP contribution in [0, 0.1) is 6.92 Å². The molecule has 22 heavy (non-hydrogen) atoms. The zero-order valence-electron chi connectivity index (χ0n) is 12.1. The van der Waals surface area contributed by atoms with Crippen molar-refractivity contribution in [3.63, 3.8) is 0 Å². The van der Waals surface area contributed by atoms with E-state index in [9.17, 15) is 0 Å². The highest BCUT2D eigenvalue weighted by atomic mass is 15.3. The van der Waals surface area contributed by atoms with Crippen LogP contribution >= 0.6 is 0 Å². The number of aromatic amines is 1. The molecular formula is C18H14N4. The van der Waals surface area contributed by atoms with E-state index in [1.807, 2.05) is 42.6 Å². The van der Waals surface area contributed by atoms with Gasteiger partial charge in [0.2, 0.25) is 0 Å². The Labute approximate surface area is 127 Å². The van der Waals surface area contributed by atoms with Gasteiger partial charge in [0.05, 0.1) is 5.52 Å². The van der Waals surface area contributed by atoms with Crippen LogP contribution in [0.4, 0.5) is 0 Å². The van der Waals surface area contributed by atoms with Gasteiger partial charge >= 0.3 is 0 Å². The maximum atomic E-state index is 4.41. The minimum atomic E-state index is 0.855. The average molecular weight is 286 g/mol. The average Bonchev–Trinajstić information content (AvgIpc) is 3.04. The van der Waals surface area contributed by atoms with Crippen molar-refractivity contribution >= 4 is 10.9 Å². The first kappa shape index (κ1) is 12.7. The van der Waals surface area contributed by atoms with Crippen LogP contribution in [-0.4, -0.2) is 20.4 Å². The highest BCUT2D eigenvalue weighted by Gasteiger charge is 2.16. The Kier molecular flexibility index (Phi) is 2.93. The number of fused-ring (bicyclic) bond motifs is 1.